The van der Waals surface area contributed by atoms with Crippen molar-refractivity contribution >= 4 is 17.6 Å². The largest absolute Gasteiger partial charge is 0.481 e. The van der Waals surface area contributed by atoms with Gasteiger partial charge in [-0.2, -0.15) is 0 Å². The van der Waals surface area contributed by atoms with Crippen LogP contribution in [0.15, 0.2) is 24.3 Å². The van der Waals surface area contributed by atoms with E-state index in [9.17, 15) is 4.79 Å². The zero-order valence-electron chi connectivity index (χ0n) is 7.16. The van der Waals surface area contributed by atoms with E-state index in [2.05, 4.69) is 0 Å². The molecule has 0 atom stereocenters. The molecule has 1 N–H and O–H groups in total. The summed E-state index contributed by atoms with van der Waals surface area (Å²) in [7, 11) is 0. The van der Waals surface area contributed by atoms with Crippen molar-refractivity contribution in [2.45, 2.75) is 18.7 Å². The highest BCUT2D eigenvalue weighted by Gasteiger charge is 1.98. The third kappa shape index (κ3) is 3.47. The Morgan fingerprint density at radius 1 is 1.23 bits per heavy atom. The van der Waals surface area contributed by atoms with Crippen molar-refractivity contribution in [1.29, 1.82) is 0 Å². The van der Waals surface area contributed by atoms with Crippen LogP contribution >= 0.6 is 11.6 Å². The minimum atomic E-state index is -0.763. The molecule has 3 heteroatoms. The van der Waals surface area contributed by atoms with Crippen LogP contribution in [0.25, 0.3) is 0 Å². The normalized spacial score (nSPS) is 9.92. The summed E-state index contributed by atoms with van der Waals surface area (Å²) >= 11 is 5.61. The van der Waals surface area contributed by atoms with Crippen molar-refractivity contribution in [3.63, 3.8) is 0 Å². The Morgan fingerprint density at radius 2 is 1.77 bits per heavy atom. The number of benzene rings is 1. The van der Waals surface area contributed by atoms with E-state index in [0.29, 0.717) is 12.3 Å². The van der Waals surface area contributed by atoms with Gasteiger partial charge in [0.2, 0.25) is 0 Å². The van der Waals surface area contributed by atoms with E-state index in [1.807, 2.05) is 24.3 Å². The van der Waals surface area contributed by atoms with E-state index in [4.69, 9.17) is 16.7 Å². The van der Waals surface area contributed by atoms with Gasteiger partial charge in [-0.3, -0.25) is 4.79 Å². The van der Waals surface area contributed by atoms with E-state index in [1.165, 1.54) is 0 Å². The number of carbonyl (C=O) groups is 1. The lowest BCUT2D eigenvalue weighted by molar-refractivity contribution is -0.136. The summed E-state index contributed by atoms with van der Waals surface area (Å²) in [5.74, 6) is -0.263. The minimum absolute atomic E-state index is 0.181. The second kappa shape index (κ2) is 4.87. The number of aryl methyl sites for hydroxylation is 1. The number of halogens is 1. The number of hydrogen-bond donors (Lipinski definition) is 1. The highest BCUT2D eigenvalue weighted by atomic mass is 35.5. The number of hydrogen-bond acceptors (Lipinski definition) is 1. The highest BCUT2D eigenvalue weighted by Crippen LogP contribution is 2.08. The molecule has 70 valence electrons. The maximum Gasteiger partial charge on any atom is 0.303 e. The quantitative estimate of drug-likeness (QED) is 0.755. The fraction of sp³-hybridized carbons (Fsp3) is 0.300. The van der Waals surface area contributed by atoms with Crippen molar-refractivity contribution in [1.82, 2.24) is 0 Å². The molecule has 0 heterocycles. The standard InChI is InChI=1S/C10H11ClO2/c11-7-9-3-1-8(2-4-9)5-6-10(12)13/h1-4H,5-7H2,(H,12,13). The molecular weight excluding hydrogens is 188 g/mol. The molecule has 0 aliphatic heterocycles. The average Bonchev–Trinajstić information content (AvgIpc) is 2.15. The molecular formula is C10H11ClO2. The van der Waals surface area contributed by atoms with Crippen LogP contribution in [-0.2, 0) is 17.1 Å². The predicted octanol–water partition coefficient (Wildman–Crippen LogP) is 2.44. The first-order chi connectivity index (χ1) is 6.22. The molecule has 0 aliphatic carbocycles. The van der Waals surface area contributed by atoms with Gasteiger partial charge in [0.25, 0.3) is 0 Å². The van der Waals surface area contributed by atoms with E-state index in [1.54, 1.807) is 0 Å². The monoisotopic (exact) mass is 198 g/mol. The van der Waals surface area contributed by atoms with Crippen LogP contribution in [0.4, 0.5) is 0 Å². The van der Waals surface area contributed by atoms with E-state index in [-0.39, 0.29) is 6.42 Å². The van der Waals surface area contributed by atoms with Crippen molar-refractivity contribution in [3.05, 3.63) is 35.4 Å². The zero-order chi connectivity index (χ0) is 9.68. The van der Waals surface area contributed by atoms with Gasteiger partial charge in [-0.1, -0.05) is 24.3 Å². The summed E-state index contributed by atoms with van der Waals surface area (Å²) in [4.78, 5) is 10.3. The molecule has 0 saturated heterocycles. The van der Waals surface area contributed by atoms with Gasteiger partial charge in [-0.25, -0.2) is 0 Å². The van der Waals surface area contributed by atoms with Crippen LogP contribution in [0.2, 0.25) is 0 Å². The molecule has 1 aromatic carbocycles. The molecule has 0 saturated carbocycles. The third-order valence-electron chi connectivity index (χ3n) is 1.80. The molecule has 1 aromatic rings. The SMILES string of the molecule is O=C(O)CCc1ccc(CCl)cc1. The van der Waals surface area contributed by atoms with Gasteiger partial charge in [0, 0.05) is 12.3 Å². The first kappa shape index (κ1) is 10.1. The molecule has 0 amide bonds. The molecule has 0 radical (unpaired) electrons. The Balaban J connectivity index is 2.54. The van der Waals surface area contributed by atoms with Crippen LogP contribution in [0, 0.1) is 0 Å². The van der Waals surface area contributed by atoms with E-state index in [0.717, 1.165) is 11.1 Å². The van der Waals surface area contributed by atoms with Crippen molar-refractivity contribution < 1.29 is 9.90 Å². The van der Waals surface area contributed by atoms with Crippen LogP contribution < -0.4 is 0 Å². The second-order valence-corrected chi connectivity index (χ2v) is 3.11. The van der Waals surface area contributed by atoms with Gasteiger partial charge < -0.3 is 5.11 Å². The number of alkyl halides is 1. The van der Waals surface area contributed by atoms with Crippen molar-refractivity contribution in [3.8, 4) is 0 Å². The van der Waals surface area contributed by atoms with Crippen LogP contribution in [0.5, 0.6) is 0 Å². The molecule has 0 fully saturated rings. The van der Waals surface area contributed by atoms with Gasteiger partial charge in [0.15, 0.2) is 0 Å². The van der Waals surface area contributed by atoms with Gasteiger partial charge in [-0.05, 0) is 17.5 Å². The number of carboxylic acids is 1. The third-order valence-corrected chi connectivity index (χ3v) is 2.11. The van der Waals surface area contributed by atoms with Gasteiger partial charge in [-0.15, -0.1) is 11.6 Å². The smallest absolute Gasteiger partial charge is 0.303 e. The van der Waals surface area contributed by atoms with Crippen molar-refractivity contribution in [2.75, 3.05) is 0 Å². The fourth-order valence-corrected chi connectivity index (χ4v) is 1.22. The summed E-state index contributed by atoms with van der Waals surface area (Å²) in [6.07, 6.45) is 0.762. The summed E-state index contributed by atoms with van der Waals surface area (Å²) < 4.78 is 0. The summed E-state index contributed by atoms with van der Waals surface area (Å²) in [5, 5.41) is 8.45. The second-order valence-electron chi connectivity index (χ2n) is 2.84. The zero-order valence-corrected chi connectivity index (χ0v) is 7.92. The maximum atomic E-state index is 10.3. The van der Waals surface area contributed by atoms with E-state index < -0.39 is 5.97 Å². The molecule has 0 aromatic heterocycles. The first-order valence-electron chi connectivity index (χ1n) is 4.08. The molecule has 1 rings (SSSR count). The van der Waals surface area contributed by atoms with Gasteiger partial charge >= 0.3 is 5.97 Å². The average molecular weight is 199 g/mol. The Kier molecular flexibility index (Phi) is 3.77. The molecule has 2 nitrogen and oxygen atoms in total. The Labute approximate surface area is 82.2 Å². The summed E-state index contributed by atoms with van der Waals surface area (Å²) in [6, 6.07) is 7.68. The predicted molar refractivity (Wildman–Crippen MR) is 52.0 cm³/mol. The molecule has 13 heavy (non-hydrogen) atoms. The molecule has 0 bridgehead atoms. The minimum Gasteiger partial charge on any atom is -0.481 e. The lowest BCUT2D eigenvalue weighted by atomic mass is 10.1. The van der Waals surface area contributed by atoms with Crippen LogP contribution in [-0.4, -0.2) is 11.1 Å². The Morgan fingerprint density at radius 3 is 2.23 bits per heavy atom. The fourth-order valence-electron chi connectivity index (χ4n) is 1.05. The lowest BCUT2D eigenvalue weighted by Gasteiger charge is -1.99. The lowest BCUT2D eigenvalue weighted by Crippen LogP contribution is -1.97. The number of carboxylic acid groups (broad SMARTS) is 1. The molecule has 0 spiro atoms. The van der Waals surface area contributed by atoms with Gasteiger partial charge in [0.05, 0.1) is 0 Å². The Hall–Kier alpha value is -1.02. The van der Waals surface area contributed by atoms with Crippen molar-refractivity contribution in [2.24, 2.45) is 0 Å². The number of rotatable bonds is 4. The Bertz CT molecular complexity index is 279. The van der Waals surface area contributed by atoms with Gasteiger partial charge in [0.1, 0.15) is 0 Å². The van der Waals surface area contributed by atoms with Crippen LogP contribution in [0.3, 0.4) is 0 Å². The summed E-state index contributed by atoms with van der Waals surface area (Å²) in [5.41, 5.74) is 2.09. The first-order valence-corrected chi connectivity index (χ1v) is 4.61. The van der Waals surface area contributed by atoms with E-state index >= 15 is 0 Å². The van der Waals surface area contributed by atoms with Crippen LogP contribution in [0.1, 0.15) is 17.5 Å². The number of aliphatic carboxylic acids is 1. The highest BCUT2D eigenvalue weighted by molar-refractivity contribution is 6.17. The molecule has 0 unspecified atom stereocenters. The topological polar surface area (TPSA) is 37.3 Å². The maximum absolute atomic E-state index is 10.3. The summed E-state index contributed by atoms with van der Waals surface area (Å²) in [6.45, 7) is 0. The molecule has 0 aliphatic rings.